The van der Waals surface area contributed by atoms with Crippen LogP contribution in [0.1, 0.15) is 25.0 Å². The summed E-state index contributed by atoms with van der Waals surface area (Å²) in [6, 6.07) is 8.40. The highest BCUT2D eigenvalue weighted by Crippen LogP contribution is 2.32. The van der Waals surface area contributed by atoms with Gasteiger partial charge in [0.2, 0.25) is 0 Å². The molecule has 126 valence electrons. The Kier molecular flexibility index (Phi) is 4.92. The first-order chi connectivity index (χ1) is 11.2. The van der Waals surface area contributed by atoms with Crippen LogP contribution in [-0.2, 0) is 6.18 Å². The largest absolute Gasteiger partial charge is 0.457 e. The lowest BCUT2D eigenvalue weighted by Gasteiger charge is -2.09. The van der Waals surface area contributed by atoms with Gasteiger partial charge in [-0.1, -0.05) is 5.57 Å². The minimum Gasteiger partial charge on any atom is -0.457 e. The standard InChI is InChI=1S/C17H14F3NO3/c1-11(2)9-12-10-15(7-8-16(12)21(22)23)24-14-5-3-13(4-6-14)17(18,19)20/h3-10H,1-2H3. The predicted molar refractivity (Wildman–Crippen MR) is 83.9 cm³/mol. The quantitative estimate of drug-likeness (QED) is 0.521. The van der Waals surface area contributed by atoms with E-state index in [1.807, 2.05) is 0 Å². The fraction of sp³-hybridized carbons (Fsp3) is 0.176. The maximum Gasteiger partial charge on any atom is 0.416 e. The molecule has 0 heterocycles. The minimum atomic E-state index is -4.41. The average Bonchev–Trinajstić information content (AvgIpc) is 2.46. The number of nitro groups is 1. The number of allylic oxidation sites excluding steroid dienone is 1. The lowest BCUT2D eigenvalue weighted by molar-refractivity contribution is -0.385. The second-order valence-corrected chi connectivity index (χ2v) is 5.32. The van der Waals surface area contributed by atoms with Crippen molar-refractivity contribution < 1.29 is 22.8 Å². The second kappa shape index (κ2) is 6.74. The third kappa shape index (κ3) is 4.34. The Balaban J connectivity index is 2.30. The summed E-state index contributed by atoms with van der Waals surface area (Å²) >= 11 is 0. The van der Waals surface area contributed by atoms with Gasteiger partial charge in [-0.05, 0) is 56.3 Å². The number of benzene rings is 2. The zero-order chi connectivity index (χ0) is 17.9. The Morgan fingerprint density at radius 1 is 1.08 bits per heavy atom. The van der Waals surface area contributed by atoms with Crippen LogP contribution in [0.3, 0.4) is 0 Å². The van der Waals surface area contributed by atoms with Gasteiger partial charge >= 0.3 is 6.18 Å². The topological polar surface area (TPSA) is 52.4 Å². The first-order valence-electron chi connectivity index (χ1n) is 6.95. The number of hydrogen-bond donors (Lipinski definition) is 0. The van der Waals surface area contributed by atoms with Crippen LogP contribution in [-0.4, -0.2) is 4.92 Å². The van der Waals surface area contributed by atoms with Crippen LogP contribution in [0.5, 0.6) is 11.5 Å². The van der Waals surface area contributed by atoms with Gasteiger partial charge in [-0.2, -0.15) is 13.2 Å². The molecule has 2 aromatic carbocycles. The van der Waals surface area contributed by atoms with Crippen LogP contribution in [0.4, 0.5) is 18.9 Å². The van der Waals surface area contributed by atoms with Crippen LogP contribution in [0, 0.1) is 10.1 Å². The first kappa shape index (κ1) is 17.5. The Bertz CT molecular complexity index is 777. The van der Waals surface area contributed by atoms with Crippen molar-refractivity contribution in [2.75, 3.05) is 0 Å². The Hall–Kier alpha value is -2.83. The SMILES string of the molecule is CC(C)=Cc1cc(Oc2ccc(C(F)(F)F)cc2)ccc1[N+](=O)[O-]. The van der Waals surface area contributed by atoms with E-state index in [1.165, 1.54) is 30.3 Å². The predicted octanol–water partition coefficient (Wildman–Crippen LogP) is 5.83. The van der Waals surface area contributed by atoms with E-state index < -0.39 is 16.7 Å². The summed E-state index contributed by atoms with van der Waals surface area (Å²) in [4.78, 5) is 10.5. The summed E-state index contributed by atoms with van der Waals surface area (Å²) in [5.74, 6) is 0.507. The van der Waals surface area contributed by atoms with Crippen LogP contribution >= 0.6 is 0 Å². The van der Waals surface area contributed by atoms with E-state index in [9.17, 15) is 23.3 Å². The van der Waals surface area contributed by atoms with Crippen LogP contribution in [0.15, 0.2) is 48.0 Å². The van der Waals surface area contributed by atoms with E-state index in [4.69, 9.17) is 4.74 Å². The molecule has 0 unspecified atom stereocenters. The molecule has 0 aliphatic carbocycles. The summed E-state index contributed by atoms with van der Waals surface area (Å²) in [7, 11) is 0. The molecular formula is C17H14F3NO3. The van der Waals surface area contributed by atoms with E-state index in [-0.39, 0.29) is 11.4 Å². The first-order valence-corrected chi connectivity index (χ1v) is 6.95. The highest BCUT2D eigenvalue weighted by Gasteiger charge is 2.30. The van der Waals surface area contributed by atoms with Crippen molar-refractivity contribution >= 4 is 11.8 Å². The van der Waals surface area contributed by atoms with E-state index in [0.717, 1.165) is 17.7 Å². The molecule has 0 N–H and O–H groups in total. The fourth-order valence-corrected chi connectivity index (χ4v) is 2.04. The number of halogens is 3. The number of ether oxygens (including phenoxy) is 1. The van der Waals surface area contributed by atoms with Gasteiger partial charge < -0.3 is 4.74 Å². The molecule has 0 radical (unpaired) electrons. The smallest absolute Gasteiger partial charge is 0.416 e. The zero-order valence-electron chi connectivity index (χ0n) is 12.9. The lowest BCUT2D eigenvalue weighted by atomic mass is 10.1. The number of nitro benzene ring substituents is 1. The monoisotopic (exact) mass is 337 g/mol. The van der Waals surface area contributed by atoms with Gasteiger partial charge in [0.1, 0.15) is 11.5 Å². The molecule has 2 aromatic rings. The molecule has 7 heteroatoms. The summed E-state index contributed by atoms with van der Waals surface area (Å²) in [6.07, 6.45) is -2.78. The molecule has 0 saturated heterocycles. The summed E-state index contributed by atoms with van der Waals surface area (Å²) in [5.41, 5.74) is 0.383. The summed E-state index contributed by atoms with van der Waals surface area (Å²) < 4.78 is 43.1. The number of hydrogen-bond acceptors (Lipinski definition) is 3. The van der Waals surface area contributed by atoms with Crippen molar-refractivity contribution in [3.05, 3.63) is 69.3 Å². The molecular weight excluding hydrogens is 323 g/mol. The maximum atomic E-state index is 12.5. The minimum absolute atomic E-state index is 0.0732. The molecule has 4 nitrogen and oxygen atoms in total. The van der Waals surface area contributed by atoms with E-state index in [0.29, 0.717) is 11.3 Å². The molecule has 0 spiro atoms. The molecule has 0 amide bonds. The maximum absolute atomic E-state index is 12.5. The van der Waals surface area contributed by atoms with Crippen LogP contribution in [0.25, 0.3) is 6.08 Å². The molecule has 0 aliphatic heterocycles. The third-order valence-electron chi connectivity index (χ3n) is 3.06. The van der Waals surface area contributed by atoms with Gasteiger partial charge in [0, 0.05) is 6.07 Å². The van der Waals surface area contributed by atoms with Crippen molar-refractivity contribution in [1.29, 1.82) is 0 Å². The molecule has 2 rings (SSSR count). The zero-order valence-corrected chi connectivity index (χ0v) is 12.9. The molecule has 24 heavy (non-hydrogen) atoms. The number of alkyl halides is 3. The van der Waals surface area contributed by atoms with Crippen molar-refractivity contribution in [2.24, 2.45) is 0 Å². The lowest BCUT2D eigenvalue weighted by Crippen LogP contribution is -2.04. The molecule has 0 saturated carbocycles. The van der Waals surface area contributed by atoms with E-state index in [2.05, 4.69) is 0 Å². The van der Waals surface area contributed by atoms with Gasteiger partial charge in [-0.25, -0.2) is 0 Å². The average molecular weight is 337 g/mol. The van der Waals surface area contributed by atoms with Gasteiger partial charge in [-0.15, -0.1) is 0 Å². The number of nitrogens with zero attached hydrogens (tertiary/aromatic N) is 1. The molecule has 0 bridgehead atoms. The summed E-state index contributed by atoms with van der Waals surface area (Å²) in [6.45, 7) is 3.60. The van der Waals surface area contributed by atoms with Gasteiger partial charge in [0.15, 0.2) is 0 Å². The molecule has 0 aliphatic rings. The normalized spacial score (nSPS) is 11.0. The van der Waals surface area contributed by atoms with E-state index >= 15 is 0 Å². The van der Waals surface area contributed by atoms with E-state index in [1.54, 1.807) is 19.9 Å². The Morgan fingerprint density at radius 2 is 1.67 bits per heavy atom. The highest BCUT2D eigenvalue weighted by atomic mass is 19.4. The van der Waals surface area contributed by atoms with Gasteiger partial charge in [0.05, 0.1) is 16.1 Å². The Morgan fingerprint density at radius 3 is 2.17 bits per heavy atom. The van der Waals surface area contributed by atoms with Crippen LogP contribution < -0.4 is 4.74 Å². The van der Waals surface area contributed by atoms with Gasteiger partial charge in [-0.3, -0.25) is 10.1 Å². The van der Waals surface area contributed by atoms with Crippen molar-refractivity contribution in [2.45, 2.75) is 20.0 Å². The van der Waals surface area contributed by atoms with Crippen molar-refractivity contribution in [3.8, 4) is 11.5 Å². The number of rotatable bonds is 4. The summed E-state index contributed by atoms with van der Waals surface area (Å²) in [5, 5.41) is 11.0. The van der Waals surface area contributed by atoms with Crippen LogP contribution in [0.2, 0.25) is 0 Å². The van der Waals surface area contributed by atoms with Gasteiger partial charge in [0.25, 0.3) is 5.69 Å². The highest BCUT2D eigenvalue weighted by molar-refractivity contribution is 5.64. The second-order valence-electron chi connectivity index (χ2n) is 5.32. The fourth-order valence-electron chi connectivity index (χ4n) is 2.04. The van der Waals surface area contributed by atoms with Crippen molar-refractivity contribution in [3.63, 3.8) is 0 Å². The molecule has 0 atom stereocenters. The third-order valence-corrected chi connectivity index (χ3v) is 3.06. The Labute approximate surface area is 136 Å². The molecule has 0 aromatic heterocycles. The molecule has 0 fully saturated rings. The van der Waals surface area contributed by atoms with Crippen molar-refractivity contribution in [1.82, 2.24) is 0 Å².